The molecule has 0 heterocycles. The van der Waals surface area contributed by atoms with Gasteiger partial charge in [0.2, 0.25) is 0 Å². The summed E-state index contributed by atoms with van der Waals surface area (Å²) in [6, 6.07) is 0. The van der Waals surface area contributed by atoms with Gasteiger partial charge in [-0.1, -0.05) is 25.8 Å². The van der Waals surface area contributed by atoms with E-state index >= 15 is 0 Å². The molecule has 1 fully saturated rings. The number of esters is 1. The molecule has 0 atom stereocenters. The summed E-state index contributed by atoms with van der Waals surface area (Å²) in [4.78, 5) is 12.7. The van der Waals surface area contributed by atoms with Crippen molar-refractivity contribution >= 4 is 16.5 Å². The molecular weight excluding hydrogens is 392 g/mol. The summed E-state index contributed by atoms with van der Waals surface area (Å²) in [6.45, 7) is 10.7. The number of ether oxygens (including phenoxy) is 2. The summed E-state index contributed by atoms with van der Waals surface area (Å²) in [5, 5.41) is 0. The van der Waals surface area contributed by atoms with Gasteiger partial charge in [-0.05, 0) is 65.0 Å². The van der Waals surface area contributed by atoms with Gasteiger partial charge in [0, 0.05) is 13.2 Å². The van der Waals surface area contributed by atoms with Gasteiger partial charge in [-0.3, -0.25) is 4.79 Å². The number of nitrogens with zero attached hydrogens (tertiary/aromatic N) is 2. The molecule has 1 aliphatic carbocycles. The number of likely N-dealkylation sites (N-methyl/N-ethyl adjacent to an activating group) is 1. The molecule has 8 heteroatoms. The predicted molar refractivity (Wildman–Crippen MR) is 116 cm³/mol. The van der Waals surface area contributed by atoms with E-state index in [4.69, 9.17) is 4.74 Å². The molecule has 0 saturated heterocycles. The van der Waals surface area contributed by atoms with Crippen molar-refractivity contribution in [2.45, 2.75) is 71.3 Å². The summed E-state index contributed by atoms with van der Waals surface area (Å²) in [7, 11) is -0.354. The van der Waals surface area contributed by atoms with Crippen LogP contribution in [0.1, 0.15) is 65.2 Å². The molecule has 1 aliphatic rings. The molecule has 0 aliphatic heterocycles. The average molecular weight is 433 g/mol. The second-order valence-electron chi connectivity index (χ2n) is 7.53. The van der Waals surface area contributed by atoms with E-state index in [-0.39, 0.29) is 6.61 Å². The summed E-state index contributed by atoms with van der Waals surface area (Å²) < 4.78 is 32.7. The Bertz CT molecular complexity index is 549. The van der Waals surface area contributed by atoms with E-state index in [1.165, 1.54) is 57.9 Å². The van der Waals surface area contributed by atoms with Crippen molar-refractivity contribution < 1.29 is 22.7 Å². The van der Waals surface area contributed by atoms with E-state index in [0.717, 1.165) is 19.1 Å². The highest BCUT2D eigenvalue weighted by Crippen LogP contribution is 2.25. The van der Waals surface area contributed by atoms with E-state index < -0.39 is 23.0 Å². The molecule has 0 amide bonds. The van der Waals surface area contributed by atoms with Crippen LogP contribution in [0, 0.1) is 5.92 Å². The SMILES string of the molecule is C=CCN(C)CCCCCCOC1CCC(C)CC1.CCOC(=O)CN=S(=O)=O. The lowest BCUT2D eigenvalue weighted by Gasteiger charge is -2.26. The smallest absolute Gasteiger partial charge is 0.328 e. The molecule has 170 valence electrons. The minimum Gasteiger partial charge on any atom is -0.465 e. The van der Waals surface area contributed by atoms with Gasteiger partial charge in [0.25, 0.3) is 0 Å². The second-order valence-corrected chi connectivity index (χ2v) is 8.22. The fourth-order valence-electron chi connectivity index (χ4n) is 3.11. The fourth-order valence-corrected chi connectivity index (χ4v) is 3.32. The average Bonchev–Trinajstić information content (AvgIpc) is 2.68. The van der Waals surface area contributed by atoms with Gasteiger partial charge >= 0.3 is 16.5 Å². The van der Waals surface area contributed by atoms with Gasteiger partial charge in [-0.2, -0.15) is 12.8 Å². The zero-order chi connectivity index (χ0) is 21.9. The molecule has 1 saturated carbocycles. The third-order valence-corrected chi connectivity index (χ3v) is 5.14. The standard InChI is InChI=1S/C17H33NO.C4H7NO4S/c1-4-13-18(3)14-7-5-6-8-15-19-17-11-9-16(2)10-12-17;1-2-9-4(6)3-5-10(7)8/h4,16-17H,1,5-15H2,2-3H3;2-3H2,1H3. The lowest BCUT2D eigenvalue weighted by atomic mass is 9.89. The van der Waals surface area contributed by atoms with Crippen molar-refractivity contribution in [1.82, 2.24) is 4.90 Å². The van der Waals surface area contributed by atoms with Crippen molar-refractivity contribution in [1.29, 1.82) is 0 Å². The van der Waals surface area contributed by atoms with Gasteiger partial charge in [0.05, 0.1) is 12.7 Å². The Morgan fingerprint density at radius 2 is 1.83 bits per heavy atom. The molecule has 1 rings (SSSR count). The Morgan fingerprint density at radius 3 is 2.41 bits per heavy atom. The zero-order valence-corrected chi connectivity index (χ0v) is 19.3. The van der Waals surface area contributed by atoms with Crippen molar-refractivity contribution in [3.8, 4) is 0 Å². The number of hydrogen-bond acceptors (Lipinski definition) is 7. The number of rotatable bonds is 13. The topological polar surface area (TPSA) is 85.3 Å². The summed E-state index contributed by atoms with van der Waals surface area (Å²) in [5.41, 5.74) is 0. The third-order valence-electron chi connectivity index (χ3n) is 4.80. The molecule has 0 radical (unpaired) electrons. The maximum Gasteiger partial charge on any atom is 0.328 e. The van der Waals surface area contributed by atoms with E-state index in [0.29, 0.717) is 6.10 Å². The number of carbonyl (C=O) groups excluding carboxylic acids is 1. The highest BCUT2D eigenvalue weighted by Gasteiger charge is 2.17. The normalized spacial score (nSPS) is 18.5. The fraction of sp³-hybridized carbons (Fsp3) is 0.857. The van der Waals surface area contributed by atoms with Crippen molar-refractivity contribution in [2.75, 3.05) is 39.9 Å². The minimum atomic E-state index is -2.52. The van der Waals surface area contributed by atoms with Crippen LogP contribution in [0.25, 0.3) is 0 Å². The van der Waals surface area contributed by atoms with E-state index in [1.54, 1.807) is 6.92 Å². The first kappa shape index (κ1) is 27.8. The van der Waals surface area contributed by atoms with Crippen LogP contribution in [0.5, 0.6) is 0 Å². The Balaban J connectivity index is 0.000000665. The highest BCUT2D eigenvalue weighted by molar-refractivity contribution is 7.61. The number of hydrogen-bond donors (Lipinski definition) is 0. The van der Waals surface area contributed by atoms with Crippen LogP contribution in [0.3, 0.4) is 0 Å². The van der Waals surface area contributed by atoms with E-state index in [9.17, 15) is 13.2 Å². The molecular formula is C21H40N2O5S. The van der Waals surface area contributed by atoms with Crippen LogP contribution >= 0.6 is 0 Å². The van der Waals surface area contributed by atoms with Gasteiger partial charge in [0.1, 0.15) is 0 Å². The molecule has 0 spiro atoms. The first-order valence-corrected chi connectivity index (χ1v) is 11.8. The number of unbranched alkanes of at least 4 members (excludes halogenated alkanes) is 3. The van der Waals surface area contributed by atoms with Crippen molar-refractivity contribution in [3.63, 3.8) is 0 Å². The minimum absolute atomic E-state index is 0.236. The Labute approximate surface area is 178 Å². The molecule has 0 aromatic rings. The lowest BCUT2D eigenvalue weighted by molar-refractivity contribution is -0.141. The van der Waals surface area contributed by atoms with Crippen LogP contribution in [0.4, 0.5) is 0 Å². The maximum atomic E-state index is 10.4. The van der Waals surface area contributed by atoms with Crippen molar-refractivity contribution in [3.05, 3.63) is 12.7 Å². The summed E-state index contributed by atoms with van der Waals surface area (Å²) >= 11 is 0. The Morgan fingerprint density at radius 1 is 1.17 bits per heavy atom. The Kier molecular flexibility index (Phi) is 17.9. The Hall–Kier alpha value is -1.25. The summed E-state index contributed by atoms with van der Waals surface area (Å²) in [5.74, 6) is 0.291. The lowest BCUT2D eigenvalue weighted by Crippen LogP contribution is -2.21. The van der Waals surface area contributed by atoms with Gasteiger partial charge in [-0.15, -0.1) is 6.58 Å². The molecule has 0 N–H and O–H groups in total. The first-order valence-electron chi connectivity index (χ1n) is 10.7. The van der Waals surface area contributed by atoms with E-state index in [1.807, 2.05) is 6.08 Å². The van der Waals surface area contributed by atoms with Gasteiger partial charge in [-0.25, -0.2) is 0 Å². The molecule has 0 unspecified atom stereocenters. The molecule has 0 aromatic heterocycles. The first-order chi connectivity index (χ1) is 13.9. The molecule has 29 heavy (non-hydrogen) atoms. The quantitative estimate of drug-likeness (QED) is 0.249. The van der Waals surface area contributed by atoms with Crippen LogP contribution < -0.4 is 0 Å². The maximum absolute atomic E-state index is 10.4. The van der Waals surface area contributed by atoms with E-state index in [2.05, 4.69) is 34.5 Å². The number of carbonyl (C=O) groups is 1. The highest BCUT2D eigenvalue weighted by atomic mass is 32.2. The predicted octanol–water partition coefficient (Wildman–Crippen LogP) is 3.87. The monoisotopic (exact) mass is 432 g/mol. The van der Waals surface area contributed by atoms with Crippen molar-refractivity contribution in [2.24, 2.45) is 10.3 Å². The third kappa shape index (κ3) is 18.5. The zero-order valence-electron chi connectivity index (χ0n) is 18.5. The van der Waals surface area contributed by atoms with Gasteiger partial charge < -0.3 is 14.4 Å². The molecule has 0 aromatic carbocycles. The molecule has 0 bridgehead atoms. The summed E-state index contributed by atoms with van der Waals surface area (Å²) in [6.07, 6.45) is 13.0. The largest absolute Gasteiger partial charge is 0.465 e. The second kappa shape index (κ2) is 18.8. The van der Waals surface area contributed by atoms with Crippen LogP contribution in [-0.2, 0) is 24.8 Å². The molecule has 7 nitrogen and oxygen atoms in total. The van der Waals surface area contributed by atoms with Gasteiger partial charge in [0.15, 0.2) is 6.54 Å². The van der Waals surface area contributed by atoms with Crippen LogP contribution in [-0.4, -0.2) is 65.3 Å². The van der Waals surface area contributed by atoms with Crippen LogP contribution in [0.15, 0.2) is 17.0 Å². The van der Waals surface area contributed by atoms with Crippen LogP contribution in [0.2, 0.25) is 0 Å².